The van der Waals surface area contributed by atoms with Crippen molar-refractivity contribution in [3.8, 4) is 0 Å². The third-order valence-corrected chi connectivity index (χ3v) is 10.1. The summed E-state index contributed by atoms with van der Waals surface area (Å²) in [6.07, 6.45) is 0. The summed E-state index contributed by atoms with van der Waals surface area (Å²) >= 11 is 0. The second-order valence-corrected chi connectivity index (χ2v) is 12.9. The van der Waals surface area contributed by atoms with Gasteiger partial charge in [0.2, 0.25) is 0 Å². The van der Waals surface area contributed by atoms with Crippen LogP contribution in [0.25, 0.3) is 5.70 Å². The van der Waals surface area contributed by atoms with Crippen molar-refractivity contribution in [1.29, 1.82) is 0 Å². The van der Waals surface area contributed by atoms with Crippen LogP contribution < -0.4 is 15.9 Å². The predicted molar refractivity (Wildman–Crippen MR) is 150 cm³/mol. The Bertz CT molecular complexity index is 1430. The molecule has 4 aromatic rings. The molecule has 0 radical (unpaired) electrons. The maximum absolute atomic E-state index is 13.7. The van der Waals surface area contributed by atoms with E-state index in [0.717, 1.165) is 21.5 Å². The molecule has 3 nitrogen and oxygen atoms in total. The molecule has 0 atom stereocenters. The van der Waals surface area contributed by atoms with Crippen LogP contribution in [0, 0.1) is 5.41 Å². The zero-order valence-corrected chi connectivity index (χ0v) is 21.6. The van der Waals surface area contributed by atoms with Crippen LogP contribution in [0.4, 0.5) is 0 Å². The van der Waals surface area contributed by atoms with Gasteiger partial charge in [-0.2, -0.15) is 0 Å². The zero-order valence-electron chi connectivity index (χ0n) is 20.7. The fourth-order valence-corrected chi connectivity index (χ4v) is 8.22. The highest BCUT2D eigenvalue weighted by Gasteiger charge is 2.40. The van der Waals surface area contributed by atoms with Crippen LogP contribution in [0.15, 0.2) is 126 Å². The van der Waals surface area contributed by atoms with Gasteiger partial charge in [-0.25, -0.2) is 0 Å². The Morgan fingerprint density at radius 1 is 0.611 bits per heavy atom. The van der Waals surface area contributed by atoms with Crippen molar-refractivity contribution in [3.05, 3.63) is 132 Å². The van der Waals surface area contributed by atoms with E-state index in [1.807, 2.05) is 93.6 Å². The molecule has 178 valence electrons. The number of allylic oxidation sites excluding steroid dienone is 1. The molecule has 0 aliphatic heterocycles. The molecule has 0 spiro atoms. The van der Waals surface area contributed by atoms with Gasteiger partial charge in [0.05, 0.1) is 18.3 Å². The van der Waals surface area contributed by atoms with E-state index in [0.29, 0.717) is 11.3 Å². The molecule has 0 amide bonds. The minimum Gasteiger partial charge on any atom is -0.293 e. The summed E-state index contributed by atoms with van der Waals surface area (Å²) in [5.41, 5.74) is 1.23. The normalized spacial score (nSPS) is 13.5. The lowest BCUT2D eigenvalue weighted by Crippen LogP contribution is -2.26. The van der Waals surface area contributed by atoms with Crippen LogP contribution in [-0.4, -0.2) is 11.6 Å². The van der Waals surface area contributed by atoms with E-state index < -0.39 is 12.5 Å². The molecule has 1 aliphatic carbocycles. The summed E-state index contributed by atoms with van der Waals surface area (Å²) in [6.45, 7) is 5.55. The number of Topliss-reactive ketones (excluding diaryl/α,β-unsaturated/α-hetero) is 2. The van der Waals surface area contributed by atoms with E-state index in [4.69, 9.17) is 4.74 Å². The van der Waals surface area contributed by atoms with Gasteiger partial charge in [-0.15, -0.1) is 0 Å². The summed E-state index contributed by atoms with van der Waals surface area (Å²) in [4.78, 5) is 27.4. The van der Waals surface area contributed by atoms with Crippen molar-refractivity contribution in [2.75, 3.05) is 0 Å². The third kappa shape index (κ3) is 4.00. The molecule has 4 aromatic carbocycles. The monoisotopic (exact) mass is 489 g/mol. The summed E-state index contributed by atoms with van der Waals surface area (Å²) in [6, 6.07) is 38.2. The fraction of sp³-hybridized carbons (Fsp3) is 0.125. The predicted octanol–water partition coefficient (Wildman–Crippen LogP) is 6.39. The first-order valence-corrected chi connectivity index (χ1v) is 13.8. The van der Waals surface area contributed by atoms with Gasteiger partial charge >= 0.3 is 0 Å². The van der Waals surface area contributed by atoms with E-state index >= 15 is 0 Å². The number of carbonyl (C=O) groups is 2. The number of benzene rings is 4. The maximum atomic E-state index is 13.7. The molecule has 5 rings (SSSR count). The Labute approximate surface area is 212 Å². The van der Waals surface area contributed by atoms with E-state index in [9.17, 15) is 9.59 Å². The van der Waals surface area contributed by atoms with Crippen molar-refractivity contribution in [3.63, 3.8) is 0 Å². The van der Waals surface area contributed by atoms with Gasteiger partial charge in [-0.05, 0) is 0 Å². The van der Waals surface area contributed by atoms with Gasteiger partial charge in [0.15, 0.2) is 11.6 Å². The first kappa shape index (κ1) is 23.9. The minimum atomic E-state index is -2.65. The number of hydrogen-bond donors (Lipinski definition) is 0. The van der Waals surface area contributed by atoms with Crippen LogP contribution in [0.5, 0.6) is 0 Å². The van der Waals surface area contributed by atoms with Gasteiger partial charge in [-0.3, -0.25) is 14.3 Å². The fourth-order valence-electron chi connectivity index (χ4n) is 4.66. The number of fused-ring (bicyclic) bond motifs is 1. The quantitative estimate of drug-likeness (QED) is 0.241. The smallest absolute Gasteiger partial charge is 0.199 e. The molecule has 0 heterocycles. The van der Waals surface area contributed by atoms with Gasteiger partial charge in [-0.1, -0.05) is 136 Å². The number of ketones is 2. The lowest BCUT2D eigenvalue weighted by atomic mass is 9.85. The highest BCUT2D eigenvalue weighted by Crippen LogP contribution is 2.51. The Balaban J connectivity index is 1.98. The molecule has 0 saturated carbocycles. The topological polar surface area (TPSA) is 46.5 Å². The highest BCUT2D eigenvalue weighted by molar-refractivity contribution is 7.87. The van der Waals surface area contributed by atoms with Crippen LogP contribution in [0.1, 0.15) is 36.7 Å². The number of nitrogens with zero attached hydrogens (tertiary/aromatic N) is 1. The SMILES string of the molecule is CC(C)(C)C(=O)C1=C(N=P(c2ccccc2)(c2ccccc2)c2ccccc2)c2ccccc2C1=O. The van der Waals surface area contributed by atoms with Gasteiger partial charge < -0.3 is 0 Å². The molecule has 4 heteroatoms. The first-order chi connectivity index (χ1) is 17.3. The molecule has 0 unspecified atom stereocenters. The molecule has 36 heavy (non-hydrogen) atoms. The molecule has 0 bridgehead atoms. The molecule has 0 aromatic heterocycles. The Hall–Kier alpha value is -3.81. The molecule has 0 saturated heterocycles. The van der Waals surface area contributed by atoms with Crippen LogP contribution in [0.2, 0.25) is 0 Å². The second-order valence-electron chi connectivity index (χ2n) is 9.92. The highest BCUT2D eigenvalue weighted by atomic mass is 31.2. The van der Waals surface area contributed by atoms with Gasteiger partial charge in [0.25, 0.3) is 0 Å². The molecule has 1 aliphatic rings. The average molecular weight is 490 g/mol. The summed E-state index contributed by atoms with van der Waals surface area (Å²) in [7, 11) is -2.65. The number of carbonyl (C=O) groups excluding carboxylic acids is 2. The lowest BCUT2D eigenvalue weighted by Gasteiger charge is -2.27. The molecule has 0 fully saturated rings. The molecular weight excluding hydrogens is 461 g/mol. The zero-order chi connectivity index (χ0) is 25.3. The number of hydrogen-bond acceptors (Lipinski definition) is 3. The van der Waals surface area contributed by atoms with Crippen molar-refractivity contribution in [2.24, 2.45) is 10.2 Å². The lowest BCUT2D eigenvalue weighted by molar-refractivity contribution is -0.122. The van der Waals surface area contributed by atoms with E-state index in [-0.39, 0.29) is 17.1 Å². The molecule has 0 N–H and O–H groups in total. The minimum absolute atomic E-state index is 0.185. The van der Waals surface area contributed by atoms with Gasteiger partial charge in [0.1, 0.15) is 0 Å². The van der Waals surface area contributed by atoms with Crippen molar-refractivity contribution in [2.45, 2.75) is 20.8 Å². The van der Waals surface area contributed by atoms with Crippen molar-refractivity contribution < 1.29 is 9.59 Å². The first-order valence-electron chi connectivity index (χ1n) is 12.1. The van der Waals surface area contributed by atoms with E-state index in [1.165, 1.54) is 0 Å². The van der Waals surface area contributed by atoms with Crippen molar-refractivity contribution in [1.82, 2.24) is 0 Å². The van der Waals surface area contributed by atoms with Crippen LogP contribution in [-0.2, 0) is 4.79 Å². The average Bonchev–Trinajstić information content (AvgIpc) is 3.18. The Kier molecular flexibility index (Phi) is 6.20. The second kappa shape index (κ2) is 9.33. The number of rotatable bonds is 5. The van der Waals surface area contributed by atoms with Crippen LogP contribution >= 0.6 is 7.05 Å². The Morgan fingerprint density at radius 2 is 1.00 bits per heavy atom. The summed E-state index contributed by atoms with van der Waals surface area (Å²) < 4.78 is 5.57. The largest absolute Gasteiger partial charge is 0.293 e. The third-order valence-electron chi connectivity index (χ3n) is 6.44. The standard InChI is InChI=1S/C32H28NO2P/c1-32(2,3)31(35)28-29(26-21-13-14-22-27(26)30(28)34)33-36(23-15-7-4-8-16-23,24-17-9-5-10-18-24)25-19-11-6-12-20-25/h4-22H,1-3H3. The van der Waals surface area contributed by atoms with Gasteiger partial charge in [0, 0.05) is 32.5 Å². The summed E-state index contributed by atoms with van der Waals surface area (Å²) in [5.74, 6) is -0.425. The van der Waals surface area contributed by atoms with E-state index in [2.05, 4.69) is 36.4 Å². The molecular formula is C32H28NO2P. The van der Waals surface area contributed by atoms with Crippen LogP contribution in [0.3, 0.4) is 0 Å². The van der Waals surface area contributed by atoms with Crippen molar-refractivity contribution >= 4 is 40.2 Å². The summed E-state index contributed by atoms with van der Waals surface area (Å²) in [5, 5.41) is 3.19. The van der Waals surface area contributed by atoms with E-state index in [1.54, 1.807) is 6.07 Å². The maximum Gasteiger partial charge on any atom is 0.199 e. The Morgan fingerprint density at radius 3 is 1.42 bits per heavy atom.